The molecule has 0 bridgehead atoms. The Bertz CT molecular complexity index is 906. The molecule has 0 saturated heterocycles. The molecule has 0 heterocycles. The molecule has 0 aliphatic rings. The number of nitro benzene ring substituents is 1. The molecule has 2 rings (SSSR count). The number of nitrogens with one attached hydrogen (secondary N) is 1. The largest absolute Gasteiger partial charge is 0.378 e. The van der Waals surface area contributed by atoms with E-state index in [4.69, 9.17) is 0 Å². The third-order valence-electron chi connectivity index (χ3n) is 3.48. The van der Waals surface area contributed by atoms with Crippen LogP contribution in [0.3, 0.4) is 0 Å². The molecule has 2 aromatic rings. The number of benzene rings is 2. The lowest BCUT2D eigenvalue weighted by Crippen LogP contribution is -2.18. The molecule has 0 amide bonds. The molecule has 0 atom stereocenters. The minimum atomic E-state index is -3.99. The first-order valence-corrected chi connectivity index (χ1v) is 8.76. The number of nitrogens with zero attached hydrogens (tertiary/aromatic N) is 3. The van der Waals surface area contributed by atoms with E-state index in [-0.39, 0.29) is 10.6 Å². The van der Waals surface area contributed by atoms with Crippen molar-refractivity contribution in [3.63, 3.8) is 0 Å². The zero-order valence-electron chi connectivity index (χ0n) is 14.0. The van der Waals surface area contributed by atoms with Crippen LogP contribution in [0.25, 0.3) is 0 Å². The maximum Gasteiger partial charge on any atom is 0.276 e. The third-order valence-corrected chi connectivity index (χ3v) is 4.70. The number of hydrogen-bond donors (Lipinski definition) is 1. The van der Waals surface area contributed by atoms with Gasteiger partial charge >= 0.3 is 0 Å². The molecule has 25 heavy (non-hydrogen) atoms. The van der Waals surface area contributed by atoms with Crippen LogP contribution in [0.2, 0.25) is 0 Å². The molecule has 0 saturated carbocycles. The number of aryl methyl sites for hydroxylation is 1. The topological polar surface area (TPSA) is 105 Å². The zero-order valence-corrected chi connectivity index (χ0v) is 14.8. The van der Waals surface area contributed by atoms with Gasteiger partial charge in [-0.05, 0) is 30.7 Å². The van der Waals surface area contributed by atoms with Gasteiger partial charge in [0.25, 0.3) is 15.7 Å². The van der Waals surface area contributed by atoms with Gasteiger partial charge in [0, 0.05) is 31.4 Å². The van der Waals surface area contributed by atoms with Gasteiger partial charge in [-0.2, -0.15) is 13.5 Å². The summed E-state index contributed by atoms with van der Waals surface area (Å²) in [4.78, 5) is 14.1. The molecule has 0 spiro atoms. The Labute approximate surface area is 146 Å². The Balaban J connectivity index is 2.16. The number of anilines is 1. The molecular formula is C16H18N4O4S. The first-order valence-electron chi connectivity index (χ1n) is 7.28. The van der Waals surface area contributed by atoms with Crippen LogP contribution in [0.4, 0.5) is 11.4 Å². The van der Waals surface area contributed by atoms with Crippen molar-refractivity contribution in [2.24, 2.45) is 5.10 Å². The van der Waals surface area contributed by atoms with E-state index in [9.17, 15) is 18.5 Å². The van der Waals surface area contributed by atoms with Gasteiger partial charge in [0.05, 0.1) is 16.0 Å². The minimum absolute atomic E-state index is 0.218. The van der Waals surface area contributed by atoms with Crippen LogP contribution in [0.5, 0.6) is 0 Å². The van der Waals surface area contributed by atoms with Crippen molar-refractivity contribution in [1.29, 1.82) is 0 Å². The smallest absolute Gasteiger partial charge is 0.276 e. The lowest BCUT2D eigenvalue weighted by molar-refractivity contribution is -0.385. The van der Waals surface area contributed by atoms with E-state index in [1.54, 1.807) is 12.1 Å². The van der Waals surface area contributed by atoms with Crippen LogP contribution in [-0.4, -0.2) is 33.7 Å². The van der Waals surface area contributed by atoms with Crippen molar-refractivity contribution in [3.8, 4) is 0 Å². The summed E-state index contributed by atoms with van der Waals surface area (Å²) < 4.78 is 24.4. The molecule has 0 fully saturated rings. The highest BCUT2D eigenvalue weighted by atomic mass is 32.2. The fourth-order valence-corrected chi connectivity index (χ4v) is 2.85. The van der Waals surface area contributed by atoms with Crippen molar-refractivity contribution < 1.29 is 13.3 Å². The molecular weight excluding hydrogens is 344 g/mol. The summed E-state index contributed by atoms with van der Waals surface area (Å²) in [5, 5.41) is 14.6. The van der Waals surface area contributed by atoms with Crippen molar-refractivity contribution in [3.05, 3.63) is 63.7 Å². The van der Waals surface area contributed by atoms with Crippen molar-refractivity contribution >= 4 is 27.6 Å². The van der Waals surface area contributed by atoms with E-state index < -0.39 is 14.9 Å². The molecule has 9 heteroatoms. The fraction of sp³-hybridized carbons (Fsp3) is 0.188. The van der Waals surface area contributed by atoms with E-state index >= 15 is 0 Å². The van der Waals surface area contributed by atoms with Crippen LogP contribution in [0.1, 0.15) is 11.1 Å². The van der Waals surface area contributed by atoms with Gasteiger partial charge < -0.3 is 4.90 Å². The molecule has 132 valence electrons. The monoisotopic (exact) mass is 362 g/mol. The van der Waals surface area contributed by atoms with Crippen molar-refractivity contribution in [2.45, 2.75) is 11.8 Å². The Kier molecular flexibility index (Phi) is 5.38. The number of rotatable bonds is 6. The van der Waals surface area contributed by atoms with Gasteiger partial charge in [0.2, 0.25) is 0 Å². The number of nitro groups is 1. The second kappa shape index (κ2) is 7.31. The van der Waals surface area contributed by atoms with Crippen molar-refractivity contribution in [1.82, 2.24) is 4.83 Å². The molecule has 1 N–H and O–H groups in total. The number of hydrazone groups is 1. The summed E-state index contributed by atoms with van der Waals surface area (Å²) in [6.45, 7) is 1.54. The van der Waals surface area contributed by atoms with Crippen LogP contribution >= 0.6 is 0 Å². The summed E-state index contributed by atoms with van der Waals surface area (Å²) in [7, 11) is -0.156. The lowest BCUT2D eigenvalue weighted by atomic mass is 10.2. The lowest BCUT2D eigenvalue weighted by Gasteiger charge is -2.11. The summed E-state index contributed by atoms with van der Waals surface area (Å²) >= 11 is 0. The van der Waals surface area contributed by atoms with Crippen molar-refractivity contribution in [2.75, 3.05) is 19.0 Å². The Morgan fingerprint density at radius 1 is 1.16 bits per heavy atom. The first kappa shape index (κ1) is 18.4. The normalized spacial score (nSPS) is 11.5. The molecule has 0 aliphatic heterocycles. The molecule has 0 radical (unpaired) electrons. The predicted octanol–water partition coefficient (Wildman–Crippen LogP) is 2.28. The van der Waals surface area contributed by atoms with Gasteiger partial charge in [0.1, 0.15) is 0 Å². The standard InChI is InChI=1S/C16H18N4O4S/c1-12-4-9-15(10-16(12)20(21)22)25(23,24)18-17-11-13-5-7-14(8-6-13)19(2)3/h4-11,18H,1-3H3/b17-11-. The van der Waals surface area contributed by atoms with Crippen LogP contribution in [0, 0.1) is 17.0 Å². The highest BCUT2D eigenvalue weighted by molar-refractivity contribution is 7.89. The summed E-state index contributed by atoms with van der Waals surface area (Å²) in [5.74, 6) is 0. The van der Waals surface area contributed by atoms with Crippen LogP contribution in [0.15, 0.2) is 52.5 Å². The quantitative estimate of drug-likeness (QED) is 0.482. The second-order valence-electron chi connectivity index (χ2n) is 5.54. The van der Waals surface area contributed by atoms with Gasteiger partial charge in [-0.1, -0.05) is 18.2 Å². The SMILES string of the molecule is Cc1ccc(S(=O)(=O)N/N=C\c2ccc(N(C)C)cc2)cc1[N+](=O)[O-]. The zero-order chi connectivity index (χ0) is 18.6. The third kappa shape index (κ3) is 4.54. The summed E-state index contributed by atoms with van der Waals surface area (Å²) in [6.07, 6.45) is 1.36. The van der Waals surface area contributed by atoms with E-state index in [2.05, 4.69) is 9.93 Å². The maximum absolute atomic E-state index is 12.2. The molecule has 0 aliphatic carbocycles. The Hall–Kier alpha value is -2.94. The van der Waals surface area contributed by atoms with Crippen LogP contribution < -0.4 is 9.73 Å². The molecule has 2 aromatic carbocycles. The number of hydrogen-bond acceptors (Lipinski definition) is 6. The Morgan fingerprint density at radius 2 is 1.80 bits per heavy atom. The average molecular weight is 362 g/mol. The summed E-state index contributed by atoms with van der Waals surface area (Å²) in [5.41, 5.74) is 1.84. The van der Waals surface area contributed by atoms with Gasteiger partial charge in [0.15, 0.2) is 0 Å². The maximum atomic E-state index is 12.2. The minimum Gasteiger partial charge on any atom is -0.378 e. The fourth-order valence-electron chi connectivity index (χ4n) is 2.03. The highest BCUT2D eigenvalue weighted by Crippen LogP contribution is 2.22. The second-order valence-corrected chi connectivity index (χ2v) is 7.21. The highest BCUT2D eigenvalue weighted by Gasteiger charge is 2.19. The molecule has 0 unspecified atom stereocenters. The molecule has 8 nitrogen and oxygen atoms in total. The number of sulfonamides is 1. The summed E-state index contributed by atoms with van der Waals surface area (Å²) in [6, 6.07) is 11.0. The van der Waals surface area contributed by atoms with E-state index in [1.807, 2.05) is 31.1 Å². The average Bonchev–Trinajstić information content (AvgIpc) is 2.55. The molecule has 0 aromatic heterocycles. The van der Waals surface area contributed by atoms with E-state index in [1.165, 1.54) is 25.3 Å². The van der Waals surface area contributed by atoms with Crippen LogP contribution in [-0.2, 0) is 10.0 Å². The predicted molar refractivity (Wildman–Crippen MR) is 96.5 cm³/mol. The van der Waals surface area contributed by atoms with Gasteiger partial charge in [-0.25, -0.2) is 4.83 Å². The first-order chi connectivity index (χ1) is 11.7. The van der Waals surface area contributed by atoms with E-state index in [0.717, 1.165) is 11.8 Å². The van der Waals surface area contributed by atoms with E-state index in [0.29, 0.717) is 11.1 Å². The Morgan fingerprint density at radius 3 is 2.36 bits per heavy atom. The van der Waals surface area contributed by atoms with Gasteiger partial charge in [-0.3, -0.25) is 10.1 Å². The van der Waals surface area contributed by atoms with Gasteiger partial charge in [-0.15, -0.1) is 0 Å².